The monoisotopic (exact) mass is 595 g/mol. The Balaban J connectivity index is 1.41. The van der Waals surface area contributed by atoms with Crippen LogP contribution in [0.15, 0.2) is 162 Å². The number of allylic oxidation sites excluding steroid dienone is 1. The van der Waals surface area contributed by atoms with Gasteiger partial charge >= 0.3 is 0 Å². The smallest absolute Gasteiger partial charge is 0.180 e. The Labute approximate surface area is 267 Å². The van der Waals surface area contributed by atoms with E-state index in [1.54, 1.807) is 0 Å². The van der Waals surface area contributed by atoms with Gasteiger partial charge < -0.3 is 9.47 Å². The molecule has 46 heavy (non-hydrogen) atoms. The Hall–Kier alpha value is -6.20. The largest absolute Gasteiger partial charge is 0.449 e. The van der Waals surface area contributed by atoms with Crippen molar-refractivity contribution in [2.24, 2.45) is 9.98 Å². The standard InChI is InChI=1S/C41H29N3O2/c1-42-33(30-17-9-4-10-18-30)26-39(43-27-28-13-5-2-6-14-28)44-34-22-21-31(29-15-7-3-8-16-29)25-32(34)40-35(44)23-24-38-41(40)46-37-20-12-11-19-36(37)45-38/h2-26H,1,27H2/b33-26-,43-39?. The molecule has 0 saturated carbocycles. The summed E-state index contributed by atoms with van der Waals surface area (Å²) < 4.78 is 15.2. The SMILES string of the molecule is C=N/C(=C\C(=NCc1ccccc1)n1c2ccc(-c3ccccc3)cc2c2c3c(ccc21)Oc1ccccc1O3)c1ccccc1. The molecule has 5 heteroatoms. The first kappa shape index (κ1) is 27.4. The van der Waals surface area contributed by atoms with Crippen molar-refractivity contribution in [3.05, 3.63) is 163 Å². The summed E-state index contributed by atoms with van der Waals surface area (Å²) in [5.74, 6) is 3.47. The van der Waals surface area contributed by atoms with Gasteiger partial charge in [0, 0.05) is 17.0 Å². The fraction of sp³-hybridized carbons (Fsp3) is 0.0244. The zero-order valence-corrected chi connectivity index (χ0v) is 25.0. The highest BCUT2D eigenvalue weighted by Crippen LogP contribution is 2.51. The van der Waals surface area contributed by atoms with Gasteiger partial charge in [0.1, 0.15) is 5.84 Å². The molecule has 0 bridgehead atoms. The zero-order chi connectivity index (χ0) is 30.9. The van der Waals surface area contributed by atoms with Crippen LogP contribution in [0.4, 0.5) is 0 Å². The van der Waals surface area contributed by atoms with Crippen LogP contribution in [-0.2, 0) is 6.54 Å². The molecular weight excluding hydrogens is 566 g/mol. The third-order valence-electron chi connectivity index (χ3n) is 8.24. The van der Waals surface area contributed by atoms with Crippen LogP contribution in [0, 0.1) is 0 Å². The third kappa shape index (κ3) is 4.94. The lowest BCUT2D eigenvalue weighted by molar-refractivity contribution is 0.363. The highest BCUT2D eigenvalue weighted by atomic mass is 16.6. The van der Waals surface area contributed by atoms with E-state index in [0.717, 1.165) is 55.6 Å². The average Bonchev–Trinajstić information content (AvgIpc) is 3.46. The maximum absolute atomic E-state index is 6.62. The van der Waals surface area contributed by atoms with Crippen LogP contribution in [0.3, 0.4) is 0 Å². The third-order valence-corrected chi connectivity index (χ3v) is 8.24. The van der Waals surface area contributed by atoms with E-state index in [4.69, 9.17) is 14.5 Å². The second-order valence-corrected chi connectivity index (χ2v) is 11.1. The van der Waals surface area contributed by atoms with Crippen LogP contribution >= 0.6 is 0 Å². The van der Waals surface area contributed by atoms with Crippen molar-refractivity contribution in [3.63, 3.8) is 0 Å². The number of hydrogen-bond acceptors (Lipinski definition) is 4. The van der Waals surface area contributed by atoms with E-state index in [1.165, 1.54) is 0 Å². The van der Waals surface area contributed by atoms with Gasteiger partial charge in [-0.3, -0.25) is 14.6 Å². The summed E-state index contributed by atoms with van der Waals surface area (Å²) in [6, 6.07) is 49.1. The van der Waals surface area contributed by atoms with Crippen LogP contribution in [0.25, 0.3) is 38.6 Å². The van der Waals surface area contributed by atoms with Gasteiger partial charge in [-0.1, -0.05) is 109 Å². The molecule has 7 aromatic rings. The van der Waals surface area contributed by atoms with E-state index in [-0.39, 0.29) is 0 Å². The lowest BCUT2D eigenvalue weighted by Gasteiger charge is -2.21. The average molecular weight is 596 g/mol. The number of fused-ring (bicyclic) bond motifs is 6. The lowest BCUT2D eigenvalue weighted by atomic mass is 10.0. The van der Waals surface area contributed by atoms with Crippen LogP contribution in [-0.4, -0.2) is 17.1 Å². The zero-order valence-electron chi connectivity index (χ0n) is 25.0. The van der Waals surface area contributed by atoms with E-state index < -0.39 is 0 Å². The Morgan fingerprint density at radius 2 is 1.28 bits per heavy atom. The molecule has 0 N–H and O–H groups in total. The molecule has 220 valence electrons. The minimum absolute atomic E-state index is 0.493. The molecule has 1 aliphatic rings. The molecule has 6 aromatic carbocycles. The number of rotatable bonds is 6. The minimum atomic E-state index is 0.493. The number of ether oxygens (including phenoxy) is 2. The summed E-state index contributed by atoms with van der Waals surface area (Å²) in [7, 11) is 0. The van der Waals surface area contributed by atoms with E-state index in [0.29, 0.717) is 29.5 Å². The lowest BCUT2D eigenvalue weighted by Crippen LogP contribution is -2.10. The Kier molecular flexibility index (Phi) is 6.97. The fourth-order valence-electron chi connectivity index (χ4n) is 6.03. The molecule has 0 spiro atoms. The Morgan fingerprint density at radius 3 is 2.02 bits per heavy atom. The normalized spacial score (nSPS) is 12.7. The second kappa shape index (κ2) is 11.7. The number of aromatic nitrogens is 1. The summed E-state index contributed by atoms with van der Waals surface area (Å²) >= 11 is 0. The molecule has 5 nitrogen and oxygen atoms in total. The summed E-state index contributed by atoms with van der Waals surface area (Å²) in [4.78, 5) is 9.67. The van der Waals surface area contributed by atoms with Crippen molar-refractivity contribution in [3.8, 4) is 34.1 Å². The number of nitrogens with zero attached hydrogens (tertiary/aromatic N) is 3. The van der Waals surface area contributed by atoms with E-state index in [9.17, 15) is 0 Å². The molecule has 1 aromatic heterocycles. The van der Waals surface area contributed by atoms with Gasteiger partial charge in [-0.2, -0.15) is 0 Å². The molecule has 0 radical (unpaired) electrons. The molecule has 0 saturated heterocycles. The highest BCUT2D eigenvalue weighted by Gasteiger charge is 2.26. The van der Waals surface area contributed by atoms with E-state index in [2.05, 4.69) is 76.9 Å². The Bertz CT molecular complexity index is 2290. The molecule has 0 aliphatic carbocycles. The van der Waals surface area contributed by atoms with Crippen molar-refractivity contribution in [2.75, 3.05) is 0 Å². The van der Waals surface area contributed by atoms with Gasteiger partial charge in [0.05, 0.1) is 28.7 Å². The predicted molar refractivity (Wildman–Crippen MR) is 188 cm³/mol. The molecule has 0 amide bonds. The molecule has 0 fully saturated rings. The molecule has 8 rings (SSSR count). The molecule has 1 aliphatic heterocycles. The topological polar surface area (TPSA) is 48.1 Å². The van der Waals surface area contributed by atoms with Gasteiger partial charge in [0.25, 0.3) is 0 Å². The van der Waals surface area contributed by atoms with Crippen LogP contribution in [0.1, 0.15) is 11.1 Å². The van der Waals surface area contributed by atoms with E-state index in [1.807, 2.05) is 91.0 Å². The van der Waals surface area contributed by atoms with Gasteiger partial charge in [-0.25, -0.2) is 0 Å². The maximum atomic E-state index is 6.62. The van der Waals surface area contributed by atoms with Crippen molar-refractivity contribution in [2.45, 2.75) is 6.54 Å². The van der Waals surface area contributed by atoms with Crippen molar-refractivity contribution < 1.29 is 9.47 Å². The van der Waals surface area contributed by atoms with Gasteiger partial charge in [-0.15, -0.1) is 0 Å². The molecule has 0 atom stereocenters. The van der Waals surface area contributed by atoms with Crippen LogP contribution < -0.4 is 9.47 Å². The number of para-hydroxylation sites is 2. The van der Waals surface area contributed by atoms with Gasteiger partial charge in [0.15, 0.2) is 23.0 Å². The maximum Gasteiger partial charge on any atom is 0.180 e. The first-order valence-corrected chi connectivity index (χ1v) is 15.2. The predicted octanol–water partition coefficient (Wildman–Crippen LogP) is 10.5. The van der Waals surface area contributed by atoms with Crippen LogP contribution in [0.2, 0.25) is 0 Å². The second-order valence-electron chi connectivity index (χ2n) is 11.1. The number of benzene rings is 6. The quantitative estimate of drug-likeness (QED) is 0.142. The van der Waals surface area contributed by atoms with Crippen molar-refractivity contribution >= 4 is 40.1 Å². The Morgan fingerprint density at radius 1 is 0.630 bits per heavy atom. The number of hydrogen-bond donors (Lipinski definition) is 0. The van der Waals surface area contributed by atoms with Gasteiger partial charge in [-0.05, 0) is 59.8 Å². The summed E-state index contributed by atoms with van der Waals surface area (Å²) in [5.41, 5.74) is 6.99. The van der Waals surface area contributed by atoms with Crippen LogP contribution in [0.5, 0.6) is 23.0 Å². The first-order chi connectivity index (χ1) is 22.8. The summed E-state index contributed by atoms with van der Waals surface area (Å²) in [5, 5.41) is 1.98. The summed E-state index contributed by atoms with van der Waals surface area (Å²) in [6.07, 6.45) is 2.02. The molecular formula is C41H29N3O2. The molecule has 0 unspecified atom stereocenters. The van der Waals surface area contributed by atoms with Gasteiger partial charge in [0.2, 0.25) is 0 Å². The molecule has 2 heterocycles. The number of aliphatic imine (C=N–C) groups is 2. The fourth-order valence-corrected chi connectivity index (χ4v) is 6.03. The minimum Gasteiger partial charge on any atom is -0.449 e. The first-order valence-electron chi connectivity index (χ1n) is 15.2. The van der Waals surface area contributed by atoms with Crippen molar-refractivity contribution in [1.82, 2.24) is 4.57 Å². The van der Waals surface area contributed by atoms with E-state index >= 15 is 0 Å². The van der Waals surface area contributed by atoms with Crippen molar-refractivity contribution in [1.29, 1.82) is 0 Å². The highest BCUT2D eigenvalue weighted by molar-refractivity contribution is 6.20. The summed E-state index contributed by atoms with van der Waals surface area (Å²) in [6.45, 7) is 4.41.